The highest BCUT2D eigenvalue weighted by Gasteiger charge is 2.16. The third-order valence-electron chi connectivity index (χ3n) is 3.27. The van der Waals surface area contributed by atoms with Crippen LogP contribution in [0.4, 0.5) is 5.82 Å². The van der Waals surface area contributed by atoms with E-state index in [2.05, 4.69) is 15.3 Å². The molecule has 0 bridgehead atoms. The number of thiophene rings is 1. The maximum absolute atomic E-state index is 6.19. The lowest BCUT2D eigenvalue weighted by molar-refractivity contribution is 0.462. The summed E-state index contributed by atoms with van der Waals surface area (Å²) in [6, 6.07) is 0.540. The molecule has 1 saturated carbocycles. The van der Waals surface area contributed by atoms with E-state index in [1.54, 1.807) is 17.7 Å². The Morgan fingerprint density at radius 2 is 2.06 bits per heavy atom. The van der Waals surface area contributed by atoms with Crippen LogP contribution in [0.3, 0.4) is 0 Å². The molecule has 5 heteroatoms. The van der Waals surface area contributed by atoms with Crippen molar-refractivity contribution in [3.05, 3.63) is 16.7 Å². The van der Waals surface area contributed by atoms with Gasteiger partial charge in [0.25, 0.3) is 0 Å². The van der Waals surface area contributed by atoms with Gasteiger partial charge >= 0.3 is 0 Å². The number of fused-ring (bicyclic) bond motifs is 1. The number of hydrogen-bond donors (Lipinski definition) is 1. The Hall–Kier alpha value is -0.870. The largest absolute Gasteiger partial charge is 0.367 e. The Kier molecular flexibility index (Phi) is 3.16. The van der Waals surface area contributed by atoms with Crippen LogP contribution in [-0.4, -0.2) is 16.0 Å². The highest BCUT2D eigenvalue weighted by atomic mass is 35.5. The molecule has 0 aromatic carbocycles. The summed E-state index contributed by atoms with van der Waals surface area (Å²) in [5.74, 6) is 0.896. The summed E-state index contributed by atoms with van der Waals surface area (Å²) in [7, 11) is 0. The summed E-state index contributed by atoms with van der Waals surface area (Å²) in [4.78, 5) is 9.53. The van der Waals surface area contributed by atoms with Crippen LogP contribution in [-0.2, 0) is 0 Å². The zero-order valence-electron chi connectivity index (χ0n) is 9.45. The lowest BCUT2D eigenvalue weighted by atomic mass is 9.95. The van der Waals surface area contributed by atoms with Crippen LogP contribution in [0.15, 0.2) is 11.7 Å². The van der Waals surface area contributed by atoms with Crippen LogP contribution in [0.25, 0.3) is 10.2 Å². The quantitative estimate of drug-likeness (QED) is 0.891. The van der Waals surface area contributed by atoms with E-state index >= 15 is 0 Å². The summed E-state index contributed by atoms with van der Waals surface area (Å²) in [5, 5.41) is 7.18. The Bertz CT molecular complexity index is 519. The van der Waals surface area contributed by atoms with Crippen molar-refractivity contribution < 1.29 is 0 Å². The minimum absolute atomic E-state index is 0.540. The maximum Gasteiger partial charge on any atom is 0.139 e. The van der Waals surface area contributed by atoms with E-state index in [1.165, 1.54) is 32.1 Å². The molecular formula is C12H14ClN3S. The first-order valence-electron chi connectivity index (χ1n) is 5.99. The molecule has 2 heterocycles. The van der Waals surface area contributed by atoms with Crippen LogP contribution in [0, 0.1) is 0 Å². The van der Waals surface area contributed by atoms with Crippen molar-refractivity contribution >= 4 is 39.0 Å². The van der Waals surface area contributed by atoms with Gasteiger partial charge in [-0.05, 0) is 12.8 Å². The van der Waals surface area contributed by atoms with Crippen molar-refractivity contribution in [2.24, 2.45) is 0 Å². The van der Waals surface area contributed by atoms with Gasteiger partial charge in [-0.2, -0.15) is 0 Å². The fraction of sp³-hybridized carbons (Fsp3) is 0.500. The summed E-state index contributed by atoms with van der Waals surface area (Å²) >= 11 is 7.75. The molecule has 1 aliphatic rings. The van der Waals surface area contributed by atoms with Gasteiger partial charge in [0, 0.05) is 11.4 Å². The van der Waals surface area contributed by atoms with Crippen molar-refractivity contribution in [1.29, 1.82) is 0 Å². The number of anilines is 1. The van der Waals surface area contributed by atoms with Gasteiger partial charge in [-0.15, -0.1) is 11.3 Å². The molecule has 17 heavy (non-hydrogen) atoms. The van der Waals surface area contributed by atoms with Crippen molar-refractivity contribution in [1.82, 2.24) is 9.97 Å². The fourth-order valence-electron chi connectivity index (χ4n) is 2.39. The van der Waals surface area contributed by atoms with Gasteiger partial charge in [0.05, 0.1) is 10.4 Å². The molecule has 1 aliphatic carbocycles. The van der Waals surface area contributed by atoms with Crippen molar-refractivity contribution in [3.8, 4) is 0 Å². The standard InChI is InChI=1S/C12H14ClN3S/c13-9-6-17-12-10(9)11(14-7-15-12)16-8-4-2-1-3-5-8/h6-8H,1-5H2,(H,14,15,16). The van der Waals surface area contributed by atoms with Crippen LogP contribution in [0.2, 0.25) is 5.02 Å². The van der Waals surface area contributed by atoms with E-state index in [1.807, 2.05) is 5.38 Å². The fourth-order valence-corrected chi connectivity index (χ4v) is 3.52. The normalized spacial score (nSPS) is 17.5. The number of aromatic nitrogens is 2. The first kappa shape index (κ1) is 11.2. The first-order chi connectivity index (χ1) is 8.34. The second kappa shape index (κ2) is 4.78. The van der Waals surface area contributed by atoms with Gasteiger partial charge in [0.15, 0.2) is 0 Å². The topological polar surface area (TPSA) is 37.8 Å². The maximum atomic E-state index is 6.19. The monoisotopic (exact) mass is 267 g/mol. The van der Waals surface area contributed by atoms with E-state index < -0.39 is 0 Å². The molecule has 0 radical (unpaired) electrons. The highest BCUT2D eigenvalue weighted by Crippen LogP contribution is 2.33. The Balaban J connectivity index is 1.91. The van der Waals surface area contributed by atoms with E-state index in [4.69, 9.17) is 11.6 Å². The molecule has 1 N–H and O–H groups in total. The Morgan fingerprint density at radius 3 is 2.88 bits per heavy atom. The van der Waals surface area contributed by atoms with Gasteiger partial charge in [0.2, 0.25) is 0 Å². The molecule has 90 valence electrons. The summed E-state index contributed by atoms with van der Waals surface area (Å²) < 4.78 is 0. The van der Waals surface area contributed by atoms with E-state index in [0.717, 1.165) is 21.1 Å². The minimum Gasteiger partial charge on any atom is -0.367 e. The van der Waals surface area contributed by atoms with Crippen LogP contribution in [0.1, 0.15) is 32.1 Å². The molecule has 2 aromatic heterocycles. The molecule has 0 atom stereocenters. The smallest absolute Gasteiger partial charge is 0.139 e. The van der Waals surface area contributed by atoms with Crippen LogP contribution >= 0.6 is 22.9 Å². The number of hydrogen-bond acceptors (Lipinski definition) is 4. The van der Waals surface area contributed by atoms with Gasteiger partial charge < -0.3 is 5.32 Å². The van der Waals surface area contributed by atoms with Crippen molar-refractivity contribution in [3.63, 3.8) is 0 Å². The predicted molar refractivity (Wildman–Crippen MR) is 72.9 cm³/mol. The van der Waals surface area contributed by atoms with Gasteiger partial charge in [0.1, 0.15) is 17.0 Å². The molecular weight excluding hydrogens is 254 g/mol. The molecule has 0 saturated heterocycles. The summed E-state index contributed by atoms with van der Waals surface area (Å²) in [5.41, 5.74) is 0. The highest BCUT2D eigenvalue weighted by molar-refractivity contribution is 7.17. The van der Waals surface area contributed by atoms with Crippen LogP contribution in [0.5, 0.6) is 0 Å². The zero-order valence-corrected chi connectivity index (χ0v) is 11.0. The van der Waals surface area contributed by atoms with E-state index in [0.29, 0.717) is 6.04 Å². The summed E-state index contributed by atoms with van der Waals surface area (Å²) in [6.07, 6.45) is 8.05. The molecule has 3 nitrogen and oxygen atoms in total. The molecule has 0 spiro atoms. The molecule has 0 amide bonds. The Labute approximate surface area is 109 Å². The molecule has 2 aromatic rings. The second-order valence-corrected chi connectivity index (χ2v) is 5.73. The van der Waals surface area contributed by atoms with Crippen molar-refractivity contribution in [2.45, 2.75) is 38.1 Å². The van der Waals surface area contributed by atoms with Crippen LogP contribution < -0.4 is 5.32 Å². The number of nitrogens with zero attached hydrogens (tertiary/aromatic N) is 2. The summed E-state index contributed by atoms with van der Waals surface area (Å²) in [6.45, 7) is 0. The zero-order chi connectivity index (χ0) is 11.7. The van der Waals surface area contributed by atoms with Gasteiger partial charge in [-0.1, -0.05) is 30.9 Å². The average molecular weight is 268 g/mol. The average Bonchev–Trinajstić information content (AvgIpc) is 2.74. The molecule has 0 unspecified atom stereocenters. The third-order valence-corrected chi connectivity index (χ3v) is 4.59. The lowest BCUT2D eigenvalue weighted by Gasteiger charge is -2.23. The molecule has 1 fully saturated rings. The van der Waals surface area contributed by atoms with Gasteiger partial charge in [-0.3, -0.25) is 0 Å². The third kappa shape index (κ3) is 2.24. The van der Waals surface area contributed by atoms with E-state index in [9.17, 15) is 0 Å². The predicted octanol–water partition coefficient (Wildman–Crippen LogP) is 4.09. The number of nitrogens with one attached hydrogen (secondary N) is 1. The van der Waals surface area contributed by atoms with Crippen molar-refractivity contribution in [2.75, 3.05) is 5.32 Å². The van der Waals surface area contributed by atoms with E-state index in [-0.39, 0.29) is 0 Å². The second-order valence-electron chi connectivity index (χ2n) is 4.47. The number of rotatable bonds is 2. The van der Waals surface area contributed by atoms with Gasteiger partial charge in [-0.25, -0.2) is 9.97 Å². The molecule has 3 rings (SSSR count). The minimum atomic E-state index is 0.540. The SMILES string of the molecule is Clc1csc2ncnc(NC3CCCCC3)c12. The lowest BCUT2D eigenvalue weighted by Crippen LogP contribution is -2.22. The molecule has 0 aliphatic heterocycles. The first-order valence-corrected chi connectivity index (χ1v) is 7.24. The Morgan fingerprint density at radius 1 is 1.24 bits per heavy atom. The number of halogens is 1.